The van der Waals surface area contributed by atoms with Crippen LogP contribution in [0.4, 0.5) is 0 Å². The molecular formula is C16H23N3. The maximum absolute atomic E-state index is 4.56. The van der Waals surface area contributed by atoms with E-state index in [1.54, 1.807) is 0 Å². The minimum atomic E-state index is 0.727. The first-order chi connectivity index (χ1) is 9.03. The van der Waals surface area contributed by atoms with Crippen LogP contribution in [0.5, 0.6) is 0 Å². The zero-order chi connectivity index (χ0) is 14.4. The second-order valence-corrected chi connectivity index (χ2v) is 4.49. The molecular weight excluding hydrogens is 234 g/mol. The zero-order valence-electron chi connectivity index (χ0n) is 12.6. The molecule has 0 fully saturated rings. The minimum Gasteiger partial charge on any atom is -0.238 e. The Hall–Kier alpha value is -1.90. The Morgan fingerprint density at radius 1 is 1.37 bits per heavy atom. The maximum atomic E-state index is 4.56. The van der Waals surface area contributed by atoms with E-state index in [0.29, 0.717) is 0 Å². The second kappa shape index (κ2) is 6.88. The summed E-state index contributed by atoms with van der Waals surface area (Å²) in [7, 11) is 0. The summed E-state index contributed by atoms with van der Waals surface area (Å²) in [4.78, 5) is 4.51. The number of aliphatic imine (C=N–C) groups is 1. The van der Waals surface area contributed by atoms with Crippen molar-refractivity contribution in [3.05, 3.63) is 47.9 Å². The van der Waals surface area contributed by atoms with Crippen LogP contribution in [0.25, 0.3) is 0 Å². The molecule has 19 heavy (non-hydrogen) atoms. The van der Waals surface area contributed by atoms with Crippen molar-refractivity contribution in [1.82, 2.24) is 5.01 Å². The number of nitrogens with zero attached hydrogens (tertiary/aromatic N) is 3. The number of hydrogen-bond donors (Lipinski definition) is 0. The Labute approximate surface area is 116 Å². The predicted molar refractivity (Wildman–Crippen MR) is 84.1 cm³/mol. The maximum Gasteiger partial charge on any atom is 0.179 e. The highest BCUT2D eigenvalue weighted by Crippen LogP contribution is 2.18. The summed E-state index contributed by atoms with van der Waals surface area (Å²) in [6, 6.07) is 0. The van der Waals surface area contributed by atoms with Gasteiger partial charge < -0.3 is 0 Å². The molecule has 1 aliphatic heterocycles. The Morgan fingerprint density at radius 2 is 2.05 bits per heavy atom. The second-order valence-electron chi connectivity index (χ2n) is 4.49. The standard InChI is InChI=1S/C16H23N3/c1-7-10-15(9-3)16-17-13(5)14(6)19(18-16)11-12(4)8-2/h7,9-11H,6,8H2,1-5H3/b10-7+,12-11+,15-9+. The Morgan fingerprint density at radius 3 is 2.58 bits per heavy atom. The Kier molecular flexibility index (Phi) is 5.49. The molecule has 0 spiro atoms. The largest absolute Gasteiger partial charge is 0.238 e. The van der Waals surface area contributed by atoms with E-state index in [9.17, 15) is 0 Å². The SMILES string of the molecule is C=C1C(C)=NC(C(/C=C/C)=C/C)=NN1/C=C(\C)CC. The first-order valence-electron chi connectivity index (χ1n) is 6.62. The van der Waals surface area contributed by atoms with Crippen LogP contribution in [0.1, 0.15) is 41.0 Å². The van der Waals surface area contributed by atoms with Crippen molar-refractivity contribution < 1.29 is 0 Å². The van der Waals surface area contributed by atoms with Gasteiger partial charge in [-0.15, -0.1) is 5.10 Å². The minimum absolute atomic E-state index is 0.727. The lowest BCUT2D eigenvalue weighted by Crippen LogP contribution is -2.23. The zero-order valence-corrected chi connectivity index (χ0v) is 12.6. The molecule has 1 aliphatic rings. The van der Waals surface area contributed by atoms with E-state index in [1.807, 2.05) is 50.2 Å². The fourth-order valence-corrected chi connectivity index (χ4v) is 1.58. The first kappa shape index (κ1) is 15.2. The van der Waals surface area contributed by atoms with Crippen molar-refractivity contribution in [2.45, 2.75) is 41.0 Å². The van der Waals surface area contributed by atoms with Gasteiger partial charge in [0.25, 0.3) is 0 Å². The molecule has 0 saturated carbocycles. The van der Waals surface area contributed by atoms with Gasteiger partial charge in [-0.05, 0) is 34.1 Å². The lowest BCUT2D eigenvalue weighted by Gasteiger charge is -2.23. The molecule has 1 heterocycles. The van der Waals surface area contributed by atoms with Crippen LogP contribution >= 0.6 is 0 Å². The molecule has 0 unspecified atom stereocenters. The van der Waals surface area contributed by atoms with E-state index in [2.05, 4.69) is 30.5 Å². The van der Waals surface area contributed by atoms with Crippen molar-refractivity contribution in [2.75, 3.05) is 0 Å². The molecule has 0 amide bonds. The van der Waals surface area contributed by atoms with Gasteiger partial charge in [0.15, 0.2) is 5.84 Å². The van der Waals surface area contributed by atoms with Gasteiger partial charge in [-0.3, -0.25) is 0 Å². The average molecular weight is 257 g/mol. The molecule has 0 aromatic carbocycles. The predicted octanol–water partition coefficient (Wildman–Crippen LogP) is 4.43. The molecule has 0 aliphatic carbocycles. The van der Waals surface area contributed by atoms with E-state index in [4.69, 9.17) is 0 Å². The van der Waals surface area contributed by atoms with E-state index in [-0.39, 0.29) is 0 Å². The molecule has 0 radical (unpaired) electrons. The van der Waals surface area contributed by atoms with Gasteiger partial charge in [0.1, 0.15) is 0 Å². The van der Waals surface area contributed by atoms with Gasteiger partial charge in [0, 0.05) is 11.8 Å². The number of hydrazone groups is 1. The van der Waals surface area contributed by atoms with Crippen LogP contribution in [0, 0.1) is 0 Å². The summed E-state index contributed by atoms with van der Waals surface area (Å²) < 4.78 is 0. The molecule has 3 heteroatoms. The van der Waals surface area contributed by atoms with Crippen LogP contribution in [0.15, 0.2) is 57.9 Å². The smallest absolute Gasteiger partial charge is 0.179 e. The molecule has 1 rings (SSSR count). The molecule has 0 bridgehead atoms. The summed E-state index contributed by atoms with van der Waals surface area (Å²) in [5, 5.41) is 6.38. The summed E-state index contributed by atoms with van der Waals surface area (Å²) in [6.45, 7) is 14.2. The van der Waals surface area contributed by atoms with Gasteiger partial charge in [-0.25, -0.2) is 10.0 Å². The van der Waals surface area contributed by atoms with Crippen LogP contribution in [-0.2, 0) is 0 Å². The monoisotopic (exact) mass is 257 g/mol. The molecule has 102 valence electrons. The number of hydrogen-bond acceptors (Lipinski definition) is 3. The van der Waals surface area contributed by atoms with Crippen molar-refractivity contribution in [1.29, 1.82) is 0 Å². The topological polar surface area (TPSA) is 28.0 Å². The van der Waals surface area contributed by atoms with Crippen molar-refractivity contribution >= 4 is 11.5 Å². The van der Waals surface area contributed by atoms with Crippen molar-refractivity contribution in [2.24, 2.45) is 10.1 Å². The van der Waals surface area contributed by atoms with Crippen molar-refractivity contribution in [3.63, 3.8) is 0 Å². The molecule has 3 nitrogen and oxygen atoms in total. The quantitative estimate of drug-likeness (QED) is 0.685. The lowest BCUT2D eigenvalue weighted by atomic mass is 10.2. The van der Waals surface area contributed by atoms with Crippen LogP contribution in [0.2, 0.25) is 0 Å². The summed E-state index contributed by atoms with van der Waals surface area (Å²) in [5.74, 6) is 0.727. The van der Waals surface area contributed by atoms with Crippen LogP contribution in [0.3, 0.4) is 0 Å². The lowest BCUT2D eigenvalue weighted by molar-refractivity contribution is 0.512. The average Bonchev–Trinajstić information content (AvgIpc) is 2.40. The van der Waals surface area contributed by atoms with E-state index in [1.165, 1.54) is 5.57 Å². The van der Waals surface area contributed by atoms with Gasteiger partial charge in [-0.1, -0.05) is 37.3 Å². The van der Waals surface area contributed by atoms with Crippen LogP contribution in [-0.4, -0.2) is 16.6 Å². The fourth-order valence-electron chi connectivity index (χ4n) is 1.58. The number of allylic oxidation sites excluding steroid dienone is 4. The third kappa shape index (κ3) is 3.78. The first-order valence-corrected chi connectivity index (χ1v) is 6.62. The summed E-state index contributed by atoms with van der Waals surface area (Å²) in [6.07, 6.45) is 9.03. The van der Waals surface area contributed by atoms with Gasteiger partial charge >= 0.3 is 0 Å². The number of amidine groups is 1. The normalized spacial score (nSPS) is 17.9. The fraction of sp³-hybridized carbons (Fsp3) is 0.375. The molecule has 0 saturated heterocycles. The Balaban J connectivity index is 3.19. The van der Waals surface area contributed by atoms with E-state index in [0.717, 1.165) is 29.2 Å². The highest BCUT2D eigenvalue weighted by atomic mass is 15.5. The van der Waals surface area contributed by atoms with E-state index < -0.39 is 0 Å². The third-order valence-electron chi connectivity index (χ3n) is 2.99. The van der Waals surface area contributed by atoms with Crippen molar-refractivity contribution in [3.8, 4) is 0 Å². The Bertz CT molecular complexity index is 502. The molecule has 0 atom stereocenters. The molecule has 0 aromatic heterocycles. The van der Waals surface area contributed by atoms with Gasteiger partial charge in [-0.2, -0.15) is 0 Å². The molecule has 0 aromatic rings. The molecule has 0 N–H and O–H groups in total. The van der Waals surface area contributed by atoms with Gasteiger partial charge in [0.05, 0.1) is 11.4 Å². The van der Waals surface area contributed by atoms with E-state index >= 15 is 0 Å². The highest BCUT2D eigenvalue weighted by Gasteiger charge is 2.16. The van der Waals surface area contributed by atoms with Gasteiger partial charge in [0.2, 0.25) is 0 Å². The highest BCUT2D eigenvalue weighted by molar-refractivity contribution is 6.13. The van der Waals surface area contributed by atoms with Crippen LogP contribution < -0.4 is 0 Å². The number of rotatable bonds is 4. The summed E-state index contributed by atoms with van der Waals surface area (Å²) >= 11 is 0. The third-order valence-corrected chi connectivity index (χ3v) is 2.99. The summed E-state index contributed by atoms with van der Waals surface area (Å²) in [5.41, 5.74) is 4.00.